The van der Waals surface area contributed by atoms with E-state index in [1.165, 1.54) is 0 Å². The third-order valence-corrected chi connectivity index (χ3v) is 2.69. The second kappa shape index (κ2) is 5.69. The monoisotopic (exact) mass is 257 g/mol. The van der Waals surface area contributed by atoms with Crippen LogP contribution in [0.25, 0.3) is 0 Å². The highest BCUT2D eigenvalue weighted by Gasteiger charge is 2.31. The Morgan fingerprint density at radius 3 is 2.44 bits per heavy atom. The van der Waals surface area contributed by atoms with Crippen LogP contribution in [0.1, 0.15) is 41.0 Å². The first-order chi connectivity index (χ1) is 8.19. The number of hydrogen-bond donors (Lipinski definition) is 1. The summed E-state index contributed by atoms with van der Waals surface area (Å²) in [7, 11) is 0. The summed E-state index contributed by atoms with van der Waals surface area (Å²) in [6, 6.07) is -0.632. The molecule has 1 N–H and O–H groups in total. The molecule has 3 atom stereocenters. The van der Waals surface area contributed by atoms with Crippen LogP contribution in [0.4, 0.5) is 0 Å². The molecular weight excluding hydrogens is 234 g/mol. The van der Waals surface area contributed by atoms with Gasteiger partial charge in [0.2, 0.25) is 5.91 Å². The van der Waals surface area contributed by atoms with Crippen molar-refractivity contribution in [2.24, 2.45) is 5.92 Å². The van der Waals surface area contributed by atoms with Gasteiger partial charge in [-0.15, -0.1) is 0 Å². The van der Waals surface area contributed by atoms with Gasteiger partial charge in [0.25, 0.3) is 0 Å². The van der Waals surface area contributed by atoms with Crippen LogP contribution in [0.3, 0.4) is 0 Å². The van der Waals surface area contributed by atoms with Crippen molar-refractivity contribution in [3.8, 4) is 0 Å². The molecule has 1 aliphatic rings. The summed E-state index contributed by atoms with van der Waals surface area (Å²) in [5.41, 5.74) is -0.541. The van der Waals surface area contributed by atoms with Crippen molar-refractivity contribution in [2.45, 2.75) is 58.8 Å². The molecule has 1 saturated heterocycles. The fourth-order valence-electron chi connectivity index (χ4n) is 1.78. The van der Waals surface area contributed by atoms with Gasteiger partial charge in [0.1, 0.15) is 11.6 Å². The average molecular weight is 257 g/mol. The first kappa shape index (κ1) is 15.0. The zero-order valence-electron chi connectivity index (χ0n) is 11.8. The van der Waals surface area contributed by atoms with Gasteiger partial charge in [-0.2, -0.15) is 0 Å². The van der Waals surface area contributed by atoms with Crippen molar-refractivity contribution >= 4 is 11.9 Å². The fourth-order valence-corrected chi connectivity index (χ4v) is 1.78. The molecule has 2 unspecified atom stereocenters. The molecule has 1 rings (SSSR count). The molecule has 5 nitrogen and oxygen atoms in total. The summed E-state index contributed by atoms with van der Waals surface area (Å²) in [4.78, 5) is 23.6. The Morgan fingerprint density at radius 1 is 1.39 bits per heavy atom. The maximum atomic E-state index is 11.9. The molecule has 0 aromatic carbocycles. The molecule has 0 aliphatic carbocycles. The molecule has 104 valence electrons. The molecule has 1 fully saturated rings. The van der Waals surface area contributed by atoms with Crippen LogP contribution >= 0.6 is 0 Å². The minimum atomic E-state index is -0.632. The third kappa shape index (κ3) is 4.64. The molecule has 1 amide bonds. The van der Waals surface area contributed by atoms with E-state index in [-0.39, 0.29) is 17.9 Å². The lowest BCUT2D eigenvalue weighted by atomic mass is 10.1. The molecule has 1 heterocycles. The summed E-state index contributed by atoms with van der Waals surface area (Å²) in [6.45, 7) is 9.38. The lowest BCUT2D eigenvalue weighted by molar-refractivity contribution is -0.158. The maximum Gasteiger partial charge on any atom is 0.328 e. The number of ether oxygens (including phenoxy) is 2. The van der Waals surface area contributed by atoms with Crippen LogP contribution < -0.4 is 5.32 Å². The maximum absolute atomic E-state index is 11.9. The van der Waals surface area contributed by atoms with Gasteiger partial charge in [-0.05, 0) is 41.0 Å². The summed E-state index contributed by atoms with van der Waals surface area (Å²) in [5.74, 6) is -0.717. The topological polar surface area (TPSA) is 64.6 Å². The van der Waals surface area contributed by atoms with E-state index in [0.717, 1.165) is 0 Å². The first-order valence-electron chi connectivity index (χ1n) is 6.34. The second-order valence-corrected chi connectivity index (χ2v) is 5.84. The van der Waals surface area contributed by atoms with Crippen LogP contribution in [-0.4, -0.2) is 36.2 Å². The Kier molecular flexibility index (Phi) is 4.73. The van der Waals surface area contributed by atoms with E-state index in [1.807, 2.05) is 6.92 Å². The quantitative estimate of drug-likeness (QED) is 0.773. The van der Waals surface area contributed by atoms with Gasteiger partial charge in [-0.1, -0.05) is 0 Å². The number of esters is 1. The normalized spacial score (nSPS) is 25.6. The predicted molar refractivity (Wildman–Crippen MR) is 67.0 cm³/mol. The van der Waals surface area contributed by atoms with E-state index in [9.17, 15) is 9.59 Å². The predicted octanol–water partition coefficient (Wildman–Crippen LogP) is 1.26. The van der Waals surface area contributed by atoms with Crippen molar-refractivity contribution in [1.82, 2.24) is 5.32 Å². The molecule has 5 heteroatoms. The number of rotatable bonds is 3. The van der Waals surface area contributed by atoms with Crippen LogP contribution in [0, 0.1) is 5.92 Å². The Morgan fingerprint density at radius 2 is 2.00 bits per heavy atom. The Hall–Kier alpha value is -1.10. The van der Waals surface area contributed by atoms with Crippen molar-refractivity contribution in [3.05, 3.63) is 0 Å². The zero-order valence-corrected chi connectivity index (χ0v) is 11.8. The van der Waals surface area contributed by atoms with Crippen molar-refractivity contribution < 1.29 is 19.1 Å². The lowest BCUT2D eigenvalue weighted by Gasteiger charge is -2.23. The van der Waals surface area contributed by atoms with Gasteiger partial charge in [0.15, 0.2) is 0 Å². The van der Waals surface area contributed by atoms with E-state index in [0.29, 0.717) is 13.0 Å². The highest BCUT2D eigenvalue weighted by atomic mass is 16.6. The number of carbonyl (C=O) groups excluding carboxylic acids is 2. The van der Waals surface area contributed by atoms with Crippen LogP contribution in [-0.2, 0) is 19.1 Å². The van der Waals surface area contributed by atoms with E-state index in [1.54, 1.807) is 27.7 Å². The van der Waals surface area contributed by atoms with E-state index in [2.05, 4.69) is 5.32 Å². The highest BCUT2D eigenvalue weighted by Crippen LogP contribution is 2.19. The Bertz CT molecular complexity index is 321. The van der Waals surface area contributed by atoms with E-state index < -0.39 is 17.6 Å². The largest absolute Gasteiger partial charge is 0.458 e. The summed E-state index contributed by atoms with van der Waals surface area (Å²) < 4.78 is 10.5. The molecule has 0 aromatic rings. The Balaban J connectivity index is 2.42. The van der Waals surface area contributed by atoms with E-state index in [4.69, 9.17) is 9.47 Å². The fraction of sp³-hybridized carbons (Fsp3) is 0.846. The van der Waals surface area contributed by atoms with Crippen LogP contribution in [0.5, 0.6) is 0 Å². The zero-order chi connectivity index (χ0) is 13.9. The summed E-state index contributed by atoms with van der Waals surface area (Å²) in [6.07, 6.45) is 0.810. The number of hydrogen-bond acceptors (Lipinski definition) is 4. The van der Waals surface area contributed by atoms with Crippen LogP contribution in [0.2, 0.25) is 0 Å². The molecule has 18 heavy (non-hydrogen) atoms. The Labute approximate surface area is 108 Å². The van der Waals surface area contributed by atoms with Crippen molar-refractivity contribution in [3.63, 3.8) is 0 Å². The highest BCUT2D eigenvalue weighted by molar-refractivity contribution is 5.85. The van der Waals surface area contributed by atoms with Gasteiger partial charge in [0.05, 0.1) is 18.6 Å². The van der Waals surface area contributed by atoms with Gasteiger partial charge in [0, 0.05) is 0 Å². The molecule has 0 saturated carbocycles. The average Bonchev–Trinajstić information content (AvgIpc) is 2.62. The van der Waals surface area contributed by atoms with Gasteiger partial charge in [-0.25, -0.2) is 4.79 Å². The van der Waals surface area contributed by atoms with E-state index >= 15 is 0 Å². The molecule has 0 aromatic heterocycles. The number of amides is 1. The molecule has 1 aliphatic heterocycles. The molecule has 0 bridgehead atoms. The minimum Gasteiger partial charge on any atom is -0.458 e. The lowest BCUT2D eigenvalue weighted by Crippen LogP contribution is -2.44. The number of nitrogens with one attached hydrogen (secondary N) is 1. The standard InChI is InChI=1S/C13H23NO4/c1-8-6-10(7-17-8)11(15)14-9(2)12(16)18-13(3,4)5/h8-10H,6-7H2,1-5H3,(H,14,15)/t8?,9-,10?/m0/s1. The molecular formula is C13H23NO4. The SMILES string of the molecule is CC1CC(C(=O)N[C@@H](C)C(=O)OC(C)(C)C)CO1. The smallest absolute Gasteiger partial charge is 0.328 e. The van der Waals surface area contributed by atoms with Crippen molar-refractivity contribution in [1.29, 1.82) is 0 Å². The van der Waals surface area contributed by atoms with Gasteiger partial charge in [-0.3, -0.25) is 4.79 Å². The van der Waals surface area contributed by atoms with Crippen LogP contribution in [0.15, 0.2) is 0 Å². The van der Waals surface area contributed by atoms with Crippen molar-refractivity contribution in [2.75, 3.05) is 6.61 Å². The van der Waals surface area contributed by atoms with Gasteiger partial charge < -0.3 is 14.8 Å². The molecule has 0 spiro atoms. The first-order valence-corrected chi connectivity index (χ1v) is 6.34. The van der Waals surface area contributed by atoms with Gasteiger partial charge >= 0.3 is 5.97 Å². The minimum absolute atomic E-state index is 0.109. The second-order valence-electron chi connectivity index (χ2n) is 5.84. The third-order valence-electron chi connectivity index (χ3n) is 2.69. The summed E-state index contributed by atoms with van der Waals surface area (Å²) in [5, 5.41) is 2.67. The number of carbonyl (C=O) groups is 2. The summed E-state index contributed by atoms with van der Waals surface area (Å²) >= 11 is 0. The molecule has 0 radical (unpaired) electrons.